The monoisotopic (exact) mass is 420 g/mol. The molecule has 2 aromatic carbocycles. The van der Waals surface area contributed by atoms with Crippen molar-refractivity contribution < 1.29 is 17.6 Å². The molecule has 2 aliphatic heterocycles. The van der Waals surface area contributed by atoms with Gasteiger partial charge in [0.1, 0.15) is 5.76 Å². The number of amides is 1. The second-order valence-electron chi connectivity index (χ2n) is 7.55. The third-order valence-corrected chi connectivity index (χ3v) is 7.38. The Morgan fingerprint density at radius 1 is 1.00 bits per heavy atom. The van der Waals surface area contributed by atoms with E-state index < -0.39 is 15.9 Å². The van der Waals surface area contributed by atoms with Crippen LogP contribution in [0.1, 0.15) is 40.8 Å². The van der Waals surface area contributed by atoms with Gasteiger partial charge in [0.2, 0.25) is 0 Å². The third kappa shape index (κ3) is 2.85. The molecule has 6 nitrogen and oxygen atoms in total. The van der Waals surface area contributed by atoms with Crippen molar-refractivity contribution in [3.63, 3.8) is 0 Å². The summed E-state index contributed by atoms with van der Waals surface area (Å²) in [6.45, 7) is 1.89. The Morgan fingerprint density at radius 3 is 2.50 bits per heavy atom. The van der Waals surface area contributed by atoms with Crippen molar-refractivity contribution in [2.45, 2.75) is 30.2 Å². The average molecular weight is 420 g/mol. The molecule has 5 rings (SSSR count). The number of hydrogen-bond donors (Lipinski definition) is 0. The van der Waals surface area contributed by atoms with Crippen LogP contribution in [0.15, 0.2) is 82.4 Å². The van der Waals surface area contributed by atoms with Crippen LogP contribution in [-0.2, 0) is 14.8 Å². The normalized spacial score (nSPS) is 20.8. The summed E-state index contributed by atoms with van der Waals surface area (Å²) in [5.74, 6) is -0.129. The van der Waals surface area contributed by atoms with Crippen LogP contribution in [0.4, 0.5) is 0 Å². The number of hydrazine groups is 1. The highest BCUT2D eigenvalue weighted by atomic mass is 32.2. The van der Waals surface area contributed by atoms with Crippen LogP contribution in [0, 0.1) is 6.92 Å². The lowest BCUT2D eigenvalue weighted by Crippen LogP contribution is -2.55. The Hall–Kier alpha value is -3.32. The fraction of sp³-hybridized carbons (Fsp3) is 0.174. The summed E-state index contributed by atoms with van der Waals surface area (Å²) < 4.78 is 33.5. The van der Waals surface area contributed by atoms with Crippen molar-refractivity contribution >= 4 is 22.0 Å². The maximum atomic E-state index is 13.5. The first-order chi connectivity index (χ1) is 14.5. The third-order valence-electron chi connectivity index (χ3n) is 5.66. The zero-order valence-corrected chi connectivity index (χ0v) is 17.1. The molecule has 0 unspecified atom stereocenters. The van der Waals surface area contributed by atoms with Crippen LogP contribution in [0.3, 0.4) is 0 Å². The van der Waals surface area contributed by atoms with Crippen molar-refractivity contribution in [3.8, 4) is 0 Å². The summed E-state index contributed by atoms with van der Waals surface area (Å²) >= 11 is 0. The Bertz CT molecular complexity index is 1230. The molecule has 1 aromatic heterocycles. The van der Waals surface area contributed by atoms with Crippen LogP contribution in [0.25, 0.3) is 6.08 Å². The van der Waals surface area contributed by atoms with Gasteiger partial charge in [-0.15, -0.1) is 4.41 Å². The van der Waals surface area contributed by atoms with E-state index in [0.29, 0.717) is 5.76 Å². The van der Waals surface area contributed by atoms with Crippen molar-refractivity contribution in [3.05, 3.63) is 95.6 Å². The number of carbonyl (C=O) groups excluding carboxylic acids is 1. The molecule has 1 fully saturated rings. The summed E-state index contributed by atoms with van der Waals surface area (Å²) in [5.41, 5.74) is 2.90. The van der Waals surface area contributed by atoms with Crippen molar-refractivity contribution in [2.24, 2.45) is 0 Å². The van der Waals surface area contributed by atoms with Crippen molar-refractivity contribution in [1.82, 2.24) is 9.42 Å². The quantitative estimate of drug-likeness (QED) is 0.634. The molecule has 0 aliphatic carbocycles. The zero-order chi connectivity index (χ0) is 20.9. The highest BCUT2D eigenvalue weighted by molar-refractivity contribution is 7.89. The zero-order valence-electron chi connectivity index (χ0n) is 16.3. The maximum absolute atomic E-state index is 13.5. The maximum Gasteiger partial charge on any atom is 0.284 e. The minimum atomic E-state index is -4.07. The van der Waals surface area contributed by atoms with Crippen molar-refractivity contribution in [2.75, 3.05) is 0 Å². The number of aryl methyl sites for hydroxylation is 1. The molecule has 1 saturated heterocycles. The van der Waals surface area contributed by atoms with E-state index in [2.05, 4.69) is 0 Å². The lowest BCUT2D eigenvalue weighted by Gasteiger charge is -2.47. The first-order valence-electron chi connectivity index (χ1n) is 9.70. The SMILES string of the molecule is Cc1ccc(S(=O)(=O)N2C(=O)C[C@H](c3ccco3)[C@@H]3c4ccccc4C=CN32)cc1. The molecular weight excluding hydrogens is 400 g/mol. The highest BCUT2D eigenvalue weighted by Gasteiger charge is 2.48. The number of fused-ring (bicyclic) bond motifs is 3. The molecule has 0 saturated carbocycles. The molecule has 0 N–H and O–H groups in total. The van der Waals surface area contributed by atoms with E-state index in [1.165, 1.54) is 17.1 Å². The van der Waals surface area contributed by atoms with Gasteiger partial charge < -0.3 is 4.42 Å². The second kappa shape index (κ2) is 6.88. The highest BCUT2D eigenvalue weighted by Crippen LogP contribution is 2.47. The number of benzene rings is 2. The summed E-state index contributed by atoms with van der Waals surface area (Å²) in [5, 5.41) is 1.54. The molecule has 2 aliphatic rings. The number of carbonyl (C=O) groups is 1. The van der Waals surface area contributed by atoms with Gasteiger partial charge in [-0.3, -0.25) is 9.80 Å². The van der Waals surface area contributed by atoms with Gasteiger partial charge >= 0.3 is 0 Å². The minimum absolute atomic E-state index is 0.0297. The molecule has 0 spiro atoms. The summed E-state index contributed by atoms with van der Waals surface area (Å²) in [6, 6.07) is 17.6. The Kier molecular flexibility index (Phi) is 4.29. The molecule has 0 radical (unpaired) electrons. The van der Waals surface area contributed by atoms with Crippen LogP contribution in [0.2, 0.25) is 0 Å². The van der Waals surface area contributed by atoms with Gasteiger partial charge in [-0.2, -0.15) is 8.42 Å². The van der Waals surface area contributed by atoms with Gasteiger partial charge in [0.25, 0.3) is 15.9 Å². The van der Waals surface area contributed by atoms with Crippen LogP contribution in [-0.4, -0.2) is 23.7 Å². The van der Waals surface area contributed by atoms with Gasteiger partial charge in [0.15, 0.2) is 0 Å². The van der Waals surface area contributed by atoms with Crippen LogP contribution >= 0.6 is 0 Å². The smallest absolute Gasteiger partial charge is 0.284 e. The molecule has 7 heteroatoms. The fourth-order valence-corrected chi connectivity index (χ4v) is 5.66. The van der Waals surface area contributed by atoms with Gasteiger partial charge in [-0.25, -0.2) is 0 Å². The van der Waals surface area contributed by atoms with E-state index in [0.717, 1.165) is 21.1 Å². The number of nitrogens with zero attached hydrogens (tertiary/aromatic N) is 2. The molecule has 1 amide bonds. The van der Waals surface area contributed by atoms with Crippen LogP contribution < -0.4 is 0 Å². The molecule has 30 heavy (non-hydrogen) atoms. The Morgan fingerprint density at radius 2 is 1.77 bits per heavy atom. The number of rotatable bonds is 3. The van der Waals surface area contributed by atoms with E-state index >= 15 is 0 Å². The lowest BCUT2D eigenvalue weighted by atomic mass is 9.83. The van der Waals surface area contributed by atoms with E-state index in [1.807, 2.05) is 43.3 Å². The molecule has 152 valence electrons. The molecular formula is C23H20N2O4S. The van der Waals surface area contributed by atoms with Gasteiger partial charge in [0, 0.05) is 12.6 Å². The molecule has 3 heterocycles. The van der Waals surface area contributed by atoms with E-state index in [-0.39, 0.29) is 23.3 Å². The fourth-order valence-electron chi connectivity index (χ4n) is 4.23. The van der Waals surface area contributed by atoms with E-state index in [9.17, 15) is 13.2 Å². The van der Waals surface area contributed by atoms with Gasteiger partial charge in [-0.1, -0.05) is 42.0 Å². The average Bonchev–Trinajstić information content (AvgIpc) is 3.27. The molecule has 2 atom stereocenters. The van der Waals surface area contributed by atoms with Crippen molar-refractivity contribution in [1.29, 1.82) is 0 Å². The summed E-state index contributed by atoms with van der Waals surface area (Å²) in [4.78, 5) is 13.3. The Labute approximate surface area is 175 Å². The molecule has 0 bridgehead atoms. The predicted octanol–water partition coefficient (Wildman–Crippen LogP) is 4.24. The second-order valence-corrected chi connectivity index (χ2v) is 9.32. The first-order valence-corrected chi connectivity index (χ1v) is 11.1. The summed E-state index contributed by atoms with van der Waals surface area (Å²) in [7, 11) is -4.07. The largest absolute Gasteiger partial charge is 0.469 e. The standard InChI is InChI=1S/C23H20N2O4S/c1-16-8-10-18(11-9-16)30(27,28)25-22(26)15-20(21-7-4-14-29-21)23-19-6-3-2-5-17(19)12-13-24(23)25/h2-14,20,23H,15H2,1H3/t20-,23+/m1/s1. The van der Waals surface area contributed by atoms with E-state index in [4.69, 9.17) is 4.42 Å². The first kappa shape index (κ1) is 18.7. The summed E-state index contributed by atoms with van der Waals surface area (Å²) in [6.07, 6.45) is 5.11. The minimum Gasteiger partial charge on any atom is -0.469 e. The van der Waals surface area contributed by atoms with Crippen LogP contribution in [0.5, 0.6) is 0 Å². The number of hydrogen-bond acceptors (Lipinski definition) is 5. The lowest BCUT2D eigenvalue weighted by molar-refractivity contribution is -0.144. The number of furan rings is 1. The molecule has 3 aromatic rings. The van der Waals surface area contributed by atoms with E-state index in [1.54, 1.807) is 30.7 Å². The topological polar surface area (TPSA) is 70.8 Å². The van der Waals surface area contributed by atoms with Gasteiger partial charge in [-0.05, 0) is 48.4 Å². The Balaban J connectivity index is 1.65. The number of sulfonamides is 1. The van der Waals surface area contributed by atoms with Gasteiger partial charge in [0.05, 0.1) is 23.1 Å². The predicted molar refractivity (Wildman–Crippen MR) is 111 cm³/mol.